The van der Waals surface area contributed by atoms with Gasteiger partial charge in [0.15, 0.2) is 4.21 Å². The molecule has 2 aromatic rings. The number of fused-ring (bicyclic) bond motifs is 2. The number of carbonyl (C=O) groups is 1. The second kappa shape index (κ2) is 6.12. The summed E-state index contributed by atoms with van der Waals surface area (Å²) in [6.07, 6.45) is 3.58. The third-order valence-corrected chi connectivity index (χ3v) is 7.84. The summed E-state index contributed by atoms with van der Waals surface area (Å²) in [7, 11) is -3.94. The van der Waals surface area contributed by atoms with Crippen LogP contribution >= 0.6 is 11.3 Å². The highest BCUT2D eigenvalue weighted by molar-refractivity contribution is 7.94. The summed E-state index contributed by atoms with van der Waals surface area (Å²) < 4.78 is 28.2. The number of nitrogens with one attached hydrogen (secondary N) is 2. The number of hydrogen-bond donors (Lipinski definition) is 3. The van der Waals surface area contributed by atoms with E-state index in [4.69, 9.17) is 0 Å². The van der Waals surface area contributed by atoms with Crippen molar-refractivity contribution >= 4 is 33.0 Å². The van der Waals surface area contributed by atoms with Gasteiger partial charge in [-0.05, 0) is 61.1 Å². The molecule has 0 spiro atoms. The minimum atomic E-state index is -3.94. The molecule has 0 saturated heterocycles. The van der Waals surface area contributed by atoms with Gasteiger partial charge in [0.2, 0.25) is 0 Å². The molecule has 1 aliphatic carbocycles. The standard InChI is InChI=1S/C17H18N2O4S2/c20-16(21)15-13-6-7-18-9-14(13)24-17(15)25(22,23)19-12-5-4-10-2-1-3-11(10)8-12/h4-5,8,18-19H,1-3,6-7,9H2,(H,20,21). The van der Waals surface area contributed by atoms with Crippen LogP contribution in [0.4, 0.5) is 5.69 Å². The van der Waals surface area contributed by atoms with Gasteiger partial charge in [-0.1, -0.05) is 6.07 Å². The molecule has 0 fully saturated rings. The fourth-order valence-corrected chi connectivity index (χ4v) is 6.46. The van der Waals surface area contributed by atoms with Crippen LogP contribution in [0.5, 0.6) is 0 Å². The Kier molecular flexibility index (Phi) is 4.05. The molecule has 25 heavy (non-hydrogen) atoms. The van der Waals surface area contributed by atoms with E-state index >= 15 is 0 Å². The van der Waals surface area contributed by atoms with E-state index in [1.54, 1.807) is 6.07 Å². The molecule has 4 rings (SSSR count). The third-order valence-electron chi connectivity index (χ3n) is 4.70. The fraction of sp³-hybridized carbons (Fsp3) is 0.353. The fourth-order valence-electron chi connectivity index (χ4n) is 3.55. The van der Waals surface area contributed by atoms with Crippen LogP contribution in [-0.4, -0.2) is 26.0 Å². The monoisotopic (exact) mass is 378 g/mol. The Morgan fingerprint density at radius 2 is 2.00 bits per heavy atom. The van der Waals surface area contributed by atoms with Gasteiger partial charge in [-0.2, -0.15) is 0 Å². The van der Waals surface area contributed by atoms with E-state index in [1.165, 1.54) is 5.56 Å². The van der Waals surface area contributed by atoms with E-state index in [-0.39, 0.29) is 9.77 Å². The number of thiophene rings is 1. The van der Waals surface area contributed by atoms with Crippen molar-refractivity contribution in [3.8, 4) is 0 Å². The highest BCUT2D eigenvalue weighted by atomic mass is 32.2. The minimum absolute atomic E-state index is 0.0739. The molecule has 1 aromatic heterocycles. The topological polar surface area (TPSA) is 95.5 Å². The van der Waals surface area contributed by atoms with Crippen molar-refractivity contribution in [3.05, 3.63) is 45.3 Å². The molecule has 2 aliphatic rings. The third kappa shape index (κ3) is 2.94. The van der Waals surface area contributed by atoms with Crippen molar-refractivity contribution < 1.29 is 18.3 Å². The number of sulfonamides is 1. The van der Waals surface area contributed by atoms with Crippen molar-refractivity contribution in [2.45, 2.75) is 36.4 Å². The van der Waals surface area contributed by atoms with Gasteiger partial charge >= 0.3 is 5.97 Å². The Bertz CT molecular complexity index is 963. The van der Waals surface area contributed by atoms with Crippen LogP contribution in [0.25, 0.3) is 0 Å². The van der Waals surface area contributed by atoms with Crippen LogP contribution in [-0.2, 0) is 35.8 Å². The van der Waals surface area contributed by atoms with E-state index in [1.807, 2.05) is 12.1 Å². The highest BCUT2D eigenvalue weighted by Crippen LogP contribution is 2.35. The zero-order chi connectivity index (χ0) is 17.6. The van der Waals surface area contributed by atoms with E-state index in [9.17, 15) is 18.3 Å². The average molecular weight is 378 g/mol. The van der Waals surface area contributed by atoms with E-state index in [0.717, 1.165) is 41.0 Å². The first-order valence-corrected chi connectivity index (χ1v) is 10.5. The summed E-state index contributed by atoms with van der Waals surface area (Å²) >= 11 is 1.05. The van der Waals surface area contributed by atoms with Crippen LogP contribution in [0.3, 0.4) is 0 Å². The predicted octanol–water partition coefficient (Wildman–Crippen LogP) is 2.38. The number of carboxylic acids is 1. The van der Waals surface area contributed by atoms with Gasteiger partial charge in [-0.25, -0.2) is 13.2 Å². The zero-order valence-corrected chi connectivity index (χ0v) is 15.1. The highest BCUT2D eigenvalue weighted by Gasteiger charge is 2.32. The number of aryl methyl sites for hydroxylation is 2. The lowest BCUT2D eigenvalue weighted by Crippen LogP contribution is -2.23. The van der Waals surface area contributed by atoms with E-state index < -0.39 is 16.0 Å². The van der Waals surface area contributed by atoms with Gasteiger partial charge in [-0.3, -0.25) is 4.72 Å². The first-order chi connectivity index (χ1) is 12.0. The molecule has 8 heteroatoms. The lowest BCUT2D eigenvalue weighted by Gasteiger charge is -2.12. The molecule has 0 radical (unpaired) electrons. The Morgan fingerprint density at radius 1 is 1.20 bits per heavy atom. The molecule has 1 aliphatic heterocycles. The molecule has 0 bridgehead atoms. The molecule has 0 unspecified atom stereocenters. The average Bonchev–Trinajstić information content (AvgIpc) is 3.18. The molecule has 1 aromatic carbocycles. The largest absolute Gasteiger partial charge is 0.478 e. The predicted molar refractivity (Wildman–Crippen MR) is 96.0 cm³/mol. The number of anilines is 1. The Balaban J connectivity index is 1.73. The van der Waals surface area contributed by atoms with Crippen LogP contribution in [0, 0.1) is 0 Å². The summed E-state index contributed by atoms with van der Waals surface area (Å²) in [5.74, 6) is -1.19. The number of carboxylic acid groups (broad SMARTS) is 1. The maximum absolute atomic E-state index is 12.9. The van der Waals surface area contributed by atoms with Crippen LogP contribution in [0.1, 0.15) is 38.3 Å². The second-order valence-corrected chi connectivity index (χ2v) is 9.32. The molecule has 0 saturated carbocycles. The van der Waals surface area contributed by atoms with Crippen molar-refractivity contribution in [2.24, 2.45) is 0 Å². The van der Waals surface area contributed by atoms with Gasteiger partial charge in [0.1, 0.15) is 0 Å². The lowest BCUT2D eigenvalue weighted by atomic mass is 10.1. The number of rotatable bonds is 4. The first kappa shape index (κ1) is 16.6. The normalized spacial score (nSPS) is 16.3. The molecule has 132 valence electrons. The molecule has 6 nitrogen and oxygen atoms in total. The van der Waals surface area contributed by atoms with Gasteiger partial charge in [0, 0.05) is 17.1 Å². The Hall–Kier alpha value is -1.90. The first-order valence-electron chi connectivity index (χ1n) is 8.19. The van der Waals surface area contributed by atoms with Crippen molar-refractivity contribution in [1.29, 1.82) is 0 Å². The Labute approximate surface area is 149 Å². The summed E-state index contributed by atoms with van der Waals surface area (Å²) in [5, 5.41) is 12.7. The summed E-state index contributed by atoms with van der Waals surface area (Å²) in [6, 6.07) is 5.55. The summed E-state index contributed by atoms with van der Waals surface area (Å²) in [6.45, 7) is 1.16. The maximum atomic E-state index is 12.9. The van der Waals surface area contributed by atoms with Gasteiger partial charge < -0.3 is 10.4 Å². The summed E-state index contributed by atoms with van der Waals surface area (Å²) in [5.41, 5.74) is 3.47. The van der Waals surface area contributed by atoms with Gasteiger partial charge in [-0.15, -0.1) is 11.3 Å². The quantitative estimate of drug-likeness (QED) is 0.759. The molecular weight excluding hydrogens is 360 g/mol. The zero-order valence-electron chi connectivity index (χ0n) is 13.5. The van der Waals surface area contributed by atoms with Crippen LogP contribution in [0.15, 0.2) is 22.4 Å². The van der Waals surface area contributed by atoms with Crippen LogP contribution < -0.4 is 10.0 Å². The van der Waals surface area contributed by atoms with E-state index in [2.05, 4.69) is 10.0 Å². The second-order valence-electron chi connectivity index (χ2n) is 6.34. The molecule has 2 heterocycles. The van der Waals surface area contributed by atoms with Crippen molar-refractivity contribution in [1.82, 2.24) is 5.32 Å². The van der Waals surface area contributed by atoms with E-state index in [0.29, 0.717) is 30.8 Å². The minimum Gasteiger partial charge on any atom is -0.478 e. The van der Waals surface area contributed by atoms with Gasteiger partial charge in [0.05, 0.1) is 5.56 Å². The van der Waals surface area contributed by atoms with Crippen molar-refractivity contribution in [2.75, 3.05) is 11.3 Å². The number of benzene rings is 1. The Morgan fingerprint density at radius 3 is 2.80 bits per heavy atom. The molecule has 3 N–H and O–H groups in total. The maximum Gasteiger partial charge on any atom is 0.338 e. The molecule has 0 atom stereocenters. The number of aromatic carboxylic acids is 1. The van der Waals surface area contributed by atoms with Gasteiger partial charge in [0.25, 0.3) is 10.0 Å². The van der Waals surface area contributed by atoms with Crippen molar-refractivity contribution in [3.63, 3.8) is 0 Å². The number of hydrogen-bond acceptors (Lipinski definition) is 5. The SMILES string of the molecule is O=C(O)c1c(S(=O)(=O)Nc2ccc3c(c2)CCC3)sc2c1CCNC2. The van der Waals surface area contributed by atoms with Crippen LogP contribution in [0.2, 0.25) is 0 Å². The molecular formula is C17H18N2O4S2. The summed E-state index contributed by atoms with van der Waals surface area (Å²) in [4.78, 5) is 12.5. The lowest BCUT2D eigenvalue weighted by molar-refractivity contribution is 0.0692. The smallest absolute Gasteiger partial charge is 0.338 e. The molecule has 0 amide bonds.